The minimum Gasteiger partial charge on any atom is -0.466 e. The summed E-state index contributed by atoms with van der Waals surface area (Å²) in [6.45, 7) is 5.00. The summed E-state index contributed by atoms with van der Waals surface area (Å²) in [5.41, 5.74) is 0. The second-order valence-electron chi connectivity index (χ2n) is 26.3. The zero-order valence-corrected chi connectivity index (χ0v) is 56.0. The van der Waals surface area contributed by atoms with Crippen molar-refractivity contribution in [2.24, 2.45) is 0 Å². The maximum atomic E-state index is 12.6. The van der Waals surface area contributed by atoms with Crippen molar-refractivity contribution in [3.63, 3.8) is 0 Å². The largest absolute Gasteiger partial charge is 0.466 e. The number of unbranched alkanes of at least 4 members (excludes halogenated alkanes) is 59. The first kappa shape index (κ1) is 80.6. The highest BCUT2D eigenvalue weighted by Gasteiger charge is 2.20. The van der Waals surface area contributed by atoms with E-state index in [0.717, 1.165) is 44.9 Å². The molecule has 2 unspecified atom stereocenters. The van der Waals surface area contributed by atoms with Crippen molar-refractivity contribution in [3.8, 4) is 0 Å². The van der Waals surface area contributed by atoms with E-state index in [0.29, 0.717) is 25.9 Å². The summed E-state index contributed by atoms with van der Waals surface area (Å²) in [4.78, 5) is 24.7. The molecule has 0 aliphatic rings. The lowest BCUT2D eigenvalue weighted by Crippen LogP contribution is -2.45. The number of nitrogens with one attached hydrogen (secondary N) is 1. The number of hydrogen-bond donors (Lipinski definition) is 3. The third-order valence-corrected chi connectivity index (χ3v) is 18.1. The van der Waals surface area contributed by atoms with Gasteiger partial charge in [0.1, 0.15) is 0 Å². The standard InChI is InChI=1S/C76H149NO5/c1-3-5-7-9-11-13-15-17-19-21-23-24-30-33-36-40-44-48-52-56-60-64-68-74(79)73(72-78)77-75(80)69-65-61-57-53-49-45-41-37-34-31-28-26-25-27-29-32-35-39-43-47-51-55-59-63-67-71-82-76(81)70-66-62-58-54-50-46-42-38-22-20-18-16-14-12-10-8-6-4-2/h20,22,73-74,78-79H,3-19,21,23-72H2,1-2H3,(H,77,80)/b22-20-. The fourth-order valence-corrected chi connectivity index (χ4v) is 12.3. The van der Waals surface area contributed by atoms with Crippen LogP contribution in [0.5, 0.6) is 0 Å². The monoisotopic (exact) mass is 1160 g/mol. The number of aliphatic hydroxyl groups is 2. The lowest BCUT2D eigenvalue weighted by molar-refractivity contribution is -0.143. The third kappa shape index (κ3) is 67.7. The van der Waals surface area contributed by atoms with Crippen molar-refractivity contribution in [1.82, 2.24) is 5.32 Å². The summed E-state index contributed by atoms with van der Waals surface area (Å²) in [6.07, 6.45) is 89.9. The molecule has 488 valence electrons. The van der Waals surface area contributed by atoms with Crippen molar-refractivity contribution in [3.05, 3.63) is 12.2 Å². The zero-order valence-electron chi connectivity index (χ0n) is 56.0. The van der Waals surface area contributed by atoms with E-state index >= 15 is 0 Å². The van der Waals surface area contributed by atoms with Gasteiger partial charge in [-0.25, -0.2) is 0 Å². The molecule has 0 saturated heterocycles. The Morgan fingerprint density at radius 1 is 0.329 bits per heavy atom. The number of allylic oxidation sites excluding steroid dienone is 2. The Morgan fingerprint density at radius 3 is 0.866 bits per heavy atom. The van der Waals surface area contributed by atoms with Gasteiger partial charge < -0.3 is 20.3 Å². The molecule has 0 aromatic heterocycles. The molecule has 0 aromatic rings. The van der Waals surface area contributed by atoms with Gasteiger partial charge in [-0.3, -0.25) is 9.59 Å². The number of hydrogen-bond acceptors (Lipinski definition) is 5. The summed E-state index contributed by atoms with van der Waals surface area (Å²) in [5.74, 6) is -0.0127. The van der Waals surface area contributed by atoms with Gasteiger partial charge in [-0.15, -0.1) is 0 Å². The fourth-order valence-electron chi connectivity index (χ4n) is 12.3. The van der Waals surface area contributed by atoms with Crippen LogP contribution in [0.3, 0.4) is 0 Å². The van der Waals surface area contributed by atoms with Gasteiger partial charge >= 0.3 is 5.97 Å². The molecule has 0 saturated carbocycles. The van der Waals surface area contributed by atoms with Gasteiger partial charge in [0.05, 0.1) is 25.4 Å². The van der Waals surface area contributed by atoms with E-state index in [-0.39, 0.29) is 18.5 Å². The normalized spacial score (nSPS) is 12.5. The molecule has 0 heterocycles. The topological polar surface area (TPSA) is 95.9 Å². The van der Waals surface area contributed by atoms with Crippen LogP contribution in [0, 0.1) is 0 Å². The van der Waals surface area contributed by atoms with Crippen LogP contribution in [0.1, 0.15) is 438 Å². The molecule has 0 radical (unpaired) electrons. The molecule has 82 heavy (non-hydrogen) atoms. The molecule has 0 fully saturated rings. The highest BCUT2D eigenvalue weighted by molar-refractivity contribution is 5.76. The average molecular weight is 1160 g/mol. The first-order valence-corrected chi connectivity index (χ1v) is 37.9. The van der Waals surface area contributed by atoms with E-state index in [4.69, 9.17) is 4.74 Å². The van der Waals surface area contributed by atoms with Crippen LogP contribution in [0.15, 0.2) is 12.2 Å². The molecule has 0 bridgehead atoms. The SMILES string of the molecule is CCCCCCCCC/C=C\CCCCCCCCCC(=O)OCCCCCCCCCCCCCCCCCCCCCCCCCCCC(=O)NC(CO)C(O)CCCCCCCCCCCCCCCCCCCCCCCC. The third-order valence-electron chi connectivity index (χ3n) is 18.1. The van der Waals surface area contributed by atoms with E-state index < -0.39 is 12.1 Å². The zero-order chi connectivity index (χ0) is 59.2. The lowest BCUT2D eigenvalue weighted by Gasteiger charge is -2.22. The van der Waals surface area contributed by atoms with Crippen molar-refractivity contribution >= 4 is 11.9 Å². The van der Waals surface area contributed by atoms with Gasteiger partial charge in [0, 0.05) is 12.8 Å². The smallest absolute Gasteiger partial charge is 0.305 e. The van der Waals surface area contributed by atoms with Crippen LogP contribution in [-0.2, 0) is 14.3 Å². The predicted molar refractivity (Wildman–Crippen MR) is 361 cm³/mol. The Bertz CT molecular complexity index is 1240. The second-order valence-corrected chi connectivity index (χ2v) is 26.3. The van der Waals surface area contributed by atoms with E-state index in [1.54, 1.807) is 0 Å². The van der Waals surface area contributed by atoms with E-state index in [1.165, 1.54) is 360 Å². The molecule has 0 spiro atoms. The van der Waals surface area contributed by atoms with Crippen LogP contribution in [-0.4, -0.2) is 47.4 Å². The molecule has 0 aromatic carbocycles. The minimum absolute atomic E-state index is 0.0150. The number of carbonyl (C=O) groups is 2. The summed E-state index contributed by atoms with van der Waals surface area (Å²) in [5, 5.41) is 23.5. The van der Waals surface area contributed by atoms with Crippen LogP contribution < -0.4 is 5.32 Å². The average Bonchev–Trinajstić information content (AvgIpc) is 3.48. The minimum atomic E-state index is -0.664. The van der Waals surface area contributed by atoms with E-state index in [1.807, 2.05) is 0 Å². The van der Waals surface area contributed by atoms with Gasteiger partial charge in [-0.2, -0.15) is 0 Å². The van der Waals surface area contributed by atoms with Gasteiger partial charge in [0.15, 0.2) is 0 Å². The number of aliphatic hydroxyl groups excluding tert-OH is 2. The number of carbonyl (C=O) groups excluding carboxylic acids is 2. The highest BCUT2D eigenvalue weighted by Crippen LogP contribution is 2.20. The first-order chi connectivity index (χ1) is 40.5. The maximum Gasteiger partial charge on any atom is 0.305 e. The van der Waals surface area contributed by atoms with Crippen molar-refractivity contribution < 1.29 is 24.5 Å². The molecule has 1 amide bonds. The first-order valence-electron chi connectivity index (χ1n) is 37.9. The predicted octanol–water partition coefficient (Wildman–Crippen LogP) is 24.7. The van der Waals surface area contributed by atoms with Crippen LogP contribution >= 0.6 is 0 Å². The molecule has 0 aliphatic carbocycles. The molecule has 3 N–H and O–H groups in total. The Morgan fingerprint density at radius 2 is 0.573 bits per heavy atom. The molecule has 0 aliphatic heterocycles. The maximum absolute atomic E-state index is 12.6. The van der Waals surface area contributed by atoms with Crippen LogP contribution in [0.4, 0.5) is 0 Å². The van der Waals surface area contributed by atoms with Gasteiger partial charge in [0.2, 0.25) is 5.91 Å². The quantitative estimate of drug-likeness (QED) is 0.0320. The highest BCUT2D eigenvalue weighted by atomic mass is 16.5. The second kappa shape index (κ2) is 72.1. The Kier molecular flexibility index (Phi) is 70.8. The van der Waals surface area contributed by atoms with E-state index in [9.17, 15) is 19.8 Å². The molecule has 6 heteroatoms. The van der Waals surface area contributed by atoms with Crippen LogP contribution in [0.2, 0.25) is 0 Å². The summed E-state index contributed by atoms with van der Waals surface area (Å²) >= 11 is 0. The molecular formula is C76H149NO5. The summed E-state index contributed by atoms with van der Waals surface area (Å²) < 4.78 is 5.51. The molecule has 2 atom stereocenters. The van der Waals surface area contributed by atoms with Gasteiger partial charge in [0.25, 0.3) is 0 Å². The van der Waals surface area contributed by atoms with Gasteiger partial charge in [-0.05, 0) is 51.4 Å². The van der Waals surface area contributed by atoms with Crippen molar-refractivity contribution in [2.45, 2.75) is 450 Å². The molecule has 6 nitrogen and oxygen atoms in total. The number of esters is 1. The fraction of sp³-hybridized carbons (Fsp3) is 0.947. The Labute approximate surface area is 514 Å². The lowest BCUT2D eigenvalue weighted by atomic mass is 10.0. The van der Waals surface area contributed by atoms with E-state index in [2.05, 4.69) is 31.3 Å². The van der Waals surface area contributed by atoms with Crippen molar-refractivity contribution in [2.75, 3.05) is 13.2 Å². The van der Waals surface area contributed by atoms with Crippen molar-refractivity contribution in [1.29, 1.82) is 0 Å². The van der Waals surface area contributed by atoms with Crippen LogP contribution in [0.25, 0.3) is 0 Å². The summed E-state index contributed by atoms with van der Waals surface area (Å²) in [7, 11) is 0. The summed E-state index contributed by atoms with van der Waals surface area (Å²) in [6, 6.07) is -0.541. The molecule has 0 rings (SSSR count). The Hall–Kier alpha value is -1.40. The molecular weight excluding hydrogens is 1010 g/mol. The number of ether oxygens (including phenoxy) is 1. The number of amides is 1. The number of rotatable bonds is 72. The van der Waals surface area contributed by atoms with Gasteiger partial charge in [-0.1, -0.05) is 386 Å². The Balaban J connectivity index is 3.35.